The first-order valence-corrected chi connectivity index (χ1v) is 6.31. The van der Waals surface area contributed by atoms with Gasteiger partial charge in [0, 0.05) is 24.7 Å². The van der Waals surface area contributed by atoms with Crippen LogP contribution in [0.3, 0.4) is 0 Å². The summed E-state index contributed by atoms with van der Waals surface area (Å²) >= 11 is 0. The largest absolute Gasteiger partial charge is 0.278 e. The minimum Gasteiger partial charge on any atom is -0.278 e. The minimum atomic E-state index is 0.794. The van der Waals surface area contributed by atoms with Crippen LogP contribution >= 0.6 is 0 Å². The average Bonchev–Trinajstić information content (AvgIpc) is 2.99. The lowest BCUT2D eigenvalue weighted by Gasteiger charge is -2.01. The van der Waals surface area contributed by atoms with Crippen LogP contribution in [-0.4, -0.2) is 20.0 Å². The van der Waals surface area contributed by atoms with Gasteiger partial charge in [-0.15, -0.1) is 0 Å². The van der Waals surface area contributed by atoms with Crippen molar-refractivity contribution >= 4 is 0 Å². The van der Waals surface area contributed by atoms with Crippen LogP contribution in [0.15, 0.2) is 42.6 Å². The zero-order valence-corrected chi connectivity index (χ0v) is 11.1. The van der Waals surface area contributed by atoms with E-state index in [-0.39, 0.29) is 0 Å². The van der Waals surface area contributed by atoms with Gasteiger partial charge in [0.2, 0.25) is 0 Å². The highest BCUT2D eigenvalue weighted by atomic mass is 15.3. The monoisotopic (exact) mass is 252 g/mol. The highest BCUT2D eigenvalue weighted by molar-refractivity contribution is 5.62. The van der Waals surface area contributed by atoms with Gasteiger partial charge in [0.05, 0.1) is 17.6 Å². The molecule has 1 aromatic carbocycles. The van der Waals surface area contributed by atoms with E-state index in [1.54, 1.807) is 0 Å². The second-order valence-corrected chi connectivity index (χ2v) is 4.71. The molecule has 0 aliphatic rings. The zero-order chi connectivity index (χ0) is 13.2. The van der Waals surface area contributed by atoms with Crippen LogP contribution in [0, 0.1) is 6.92 Å². The van der Waals surface area contributed by atoms with E-state index in [1.807, 2.05) is 36.1 Å². The number of rotatable bonds is 3. The predicted molar refractivity (Wildman–Crippen MR) is 74.8 cm³/mol. The molecule has 2 heterocycles. The van der Waals surface area contributed by atoms with E-state index in [9.17, 15) is 0 Å². The molecule has 0 fully saturated rings. The highest BCUT2D eigenvalue weighted by Gasteiger charge is 2.10. The molecular weight excluding hydrogens is 236 g/mol. The normalized spacial score (nSPS) is 10.8. The highest BCUT2D eigenvalue weighted by Crippen LogP contribution is 2.22. The second-order valence-electron chi connectivity index (χ2n) is 4.71. The number of hydrogen-bond donors (Lipinski definition) is 1. The summed E-state index contributed by atoms with van der Waals surface area (Å²) in [5.74, 6) is 0. The van der Waals surface area contributed by atoms with Gasteiger partial charge in [-0.1, -0.05) is 30.3 Å². The van der Waals surface area contributed by atoms with E-state index in [0.717, 1.165) is 23.4 Å². The molecule has 96 valence electrons. The van der Waals surface area contributed by atoms with Crippen LogP contribution in [0.25, 0.3) is 11.3 Å². The molecule has 0 aliphatic carbocycles. The number of benzene rings is 1. The van der Waals surface area contributed by atoms with Crippen molar-refractivity contribution in [3.05, 3.63) is 59.5 Å². The first-order valence-electron chi connectivity index (χ1n) is 6.31. The average molecular weight is 252 g/mol. The summed E-state index contributed by atoms with van der Waals surface area (Å²) in [6.07, 6.45) is 2.68. The van der Waals surface area contributed by atoms with Gasteiger partial charge in [0.25, 0.3) is 0 Å². The molecule has 1 N–H and O–H groups in total. The Labute approximate surface area is 112 Å². The van der Waals surface area contributed by atoms with Gasteiger partial charge in [0.1, 0.15) is 0 Å². The van der Waals surface area contributed by atoms with E-state index in [1.165, 1.54) is 11.3 Å². The van der Waals surface area contributed by atoms with Gasteiger partial charge < -0.3 is 0 Å². The van der Waals surface area contributed by atoms with Crippen LogP contribution in [0.4, 0.5) is 0 Å². The maximum Gasteiger partial charge on any atom is 0.0686 e. The molecule has 0 bridgehead atoms. The number of aromatic amines is 1. The van der Waals surface area contributed by atoms with Crippen molar-refractivity contribution in [1.82, 2.24) is 20.0 Å². The maximum absolute atomic E-state index is 4.49. The molecule has 3 rings (SSSR count). The molecule has 0 amide bonds. The standard InChI is InChI=1S/C15H16N4/c1-11-8-14(18-19(11)2)9-13-10-16-17-15(13)12-6-4-3-5-7-12/h3-8,10H,9H2,1-2H3,(H,16,17). The first-order chi connectivity index (χ1) is 9.24. The van der Waals surface area contributed by atoms with Gasteiger partial charge in [0.15, 0.2) is 0 Å². The van der Waals surface area contributed by atoms with Crippen LogP contribution in [-0.2, 0) is 13.5 Å². The third kappa shape index (κ3) is 2.29. The smallest absolute Gasteiger partial charge is 0.0686 e. The third-order valence-corrected chi connectivity index (χ3v) is 3.32. The summed E-state index contributed by atoms with van der Waals surface area (Å²) in [4.78, 5) is 0. The summed E-state index contributed by atoms with van der Waals surface area (Å²) in [5.41, 5.74) is 5.63. The summed E-state index contributed by atoms with van der Waals surface area (Å²) in [6.45, 7) is 2.06. The van der Waals surface area contributed by atoms with Gasteiger partial charge >= 0.3 is 0 Å². The molecule has 4 nitrogen and oxygen atoms in total. The number of aromatic nitrogens is 4. The summed E-state index contributed by atoms with van der Waals surface area (Å²) in [6, 6.07) is 12.4. The van der Waals surface area contributed by atoms with Gasteiger partial charge in [-0.3, -0.25) is 9.78 Å². The quantitative estimate of drug-likeness (QED) is 0.779. The Morgan fingerprint density at radius 1 is 1.21 bits per heavy atom. The number of aryl methyl sites for hydroxylation is 2. The fraction of sp³-hybridized carbons (Fsp3) is 0.200. The van der Waals surface area contributed by atoms with E-state index in [4.69, 9.17) is 0 Å². The van der Waals surface area contributed by atoms with Gasteiger partial charge in [-0.2, -0.15) is 10.2 Å². The number of nitrogens with zero attached hydrogens (tertiary/aromatic N) is 3. The summed E-state index contributed by atoms with van der Waals surface area (Å²) in [7, 11) is 1.96. The molecule has 19 heavy (non-hydrogen) atoms. The van der Waals surface area contributed by atoms with Crippen molar-refractivity contribution in [3.8, 4) is 11.3 Å². The van der Waals surface area contributed by atoms with Crippen molar-refractivity contribution in [1.29, 1.82) is 0 Å². The summed E-state index contributed by atoms with van der Waals surface area (Å²) in [5, 5.41) is 11.7. The molecular formula is C15H16N4. The lowest BCUT2D eigenvalue weighted by Crippen LogP contribution is -1.95. The van der Waals surface area contributed by atoms with Crippen molar-refractivity contribution < 1.29 is 0 Å². The van der Waals surface area contributed by atoms with Crippen molar-refractivity contribution in [2.75, 3.05) is 0 Å². The zero-order valence-electron chi connectivity index (χ0n) is 11.1. The summed E-state index contributed by atoms with van der Waals surface area (Å²) < 4.78 is 1.90. The minimum absolute atomic E-state index is 0.794. The fourth-order valence-electron chi connectivity index (χ4n) is 2.22. The lowest BCUT2D eigenvalue weighted by atomic mass is 10.0. The van der Waals surface area contributed by atoms with Crippen LogP contribution in [0.2, 0.25) is 0 Å². The van der Waals surface area contributed by atoms with E-state index in [2.05, 4.69) is 40.4 Å². The number of nitrogens with one attached hydrogen (secondary N) is 1. The molecule has 0 aliphatic heterocycles. The molecule has 3 aromatic rings. The Balaban J connectivity index is 1.93. The van der Waals surface area contributed by atoms with E-state index < -0.39 is 0 Å². The Morgan fingerprint density at radius 3 is 2.68 bits per heavy atom. The third-order valence-electron chi connectivity index (χ3n) is 3.32. The molecule has 0 unspecified atom stereocenters. The molecule has 0 spiro atoms. The Hall–Kier alpha value is -2.36. The number of H-pyrrole nitrogens is 1. The predicted octanol–water partition coefficient (Wildman–Crippen LogP) is 2.71. The maximum atomic E-state index is 4.49. The Morgan fingerprint density at radius 2 is 2.00 bits per heavy atom. The molecule has 0 radical (unpaired) electrons. The fourth-order valence-corrected chi connectivity index (χ4v) is 2.22. The second kappa shape index (κ2) is 4.72. The van der Waals surface area contributed by atoms with E-state index >= 15 is 0 Å². The van der Waals surface area contributed by atoms with Crippen LogP contribution < -0.4 is 0 Å². The Kier molecular flexibility index (Phi) is 2.91. The van der Waals surface area contributed by atoms with Crippen LogP contribution in [0.5, 0.6) is 0 Å². The van der Waals surface area contributed by atoms with E-state index in [0.29, 0.717) is 0 Å². The first kappa shape index (κ1) is 11.7. The number of hydrogen-bond acceptors (Lipinski definition) is 2. The van der Waals surface area contributed by atoms with Crippen molar-refractivity contribution in [2.45, 2.75) is 13.3 Å². The van der Waals surface area contributed by atoms with Crippen molar-refractivity contribution in [3.63, 3.8) is 0 Å². The molecule has 0 saturated carbocycles. The van der Waals surface area contributed by atoms with Crippen molar-refractivity contribution in [2.24, 2.45) is 7.05 Å². The lowest BCUT2D eigenvalue weighted by molar-refractivity contribution is 0.725. The SMILES string of the molecule is Cc1cc(Cc2cn[nH]c2-c2ccccc2)nn1C. The van der Waals surface area contributed by atoms with Gasteiger partial charge in [-0.25, -0.2) is 0 Å². The van der Waals surface area contributed by atoms with Gasteiger partial charge in [-0.05, 0) is 18.6 Å². The van der Waals surface area contributed by atoms with Crippen LogP contribution in [0.1, 0.15) is 17.0 Å². The molecule has 0 saturated heterocycles. The molecule has 2 aromatic heterocycles. The molecule has 4 heteroatoms. The Bertz CT molecular complexity index is 660. The topological polar surface area (TPSA) is 46.5 Å². The molecule has 0 atom stereocenters.